The summed E-state index contributed by atoms with van der Waals surface area (Å²) in [6.45, 7) is 1.82. The molecule has 21 heavy (non-hydrogen) atoms. The van der Waals surface area contributed by atoms with Crippen LogP contribution >= 0.6 is 11.6 Å². The number of halogens is 1. The van der Waals surface area contributed by atoms with E-state index in [2.05, 4.69) is 9.97 Å². The lowest BCUT2D eigenvalue weighted by Crippen LogP contribution is -2.36. The van der Waals surface area contributed by atoms with Crippen molar-refractivity contribution in [2.45, 2.75) is 13.3 Å². The number of aromatic nitrogens is 3. The van der Waals surface area contributed by atoms with Gasteiger partial charge in [-0.2, -0.15) is 0 Å². The lowest BCUT2D eigenvalue weighted by atomic mass is 10.1. The number of nitrogens with zero attached hydrogens (tertiary/aromatic N) is 2. The van der Waals surface area contributed by atoms with Gasteiger partial charge < -0.3 is 0 Å². The van der Waals surface area contributed by atoms with Crippen LogP contribution in [0.4, 0.5) is 0 Å². The molecular weight excluding hydrogens is 290 g/mol. The van der Waals surface area contributed by atoms with Crippen molar-refractivity contribution in [2.24, 2.45) is 0 Å². The Morgan fingerprint density at radius 1 is 1.29 bits per heavy atom. The maximum Gasteiger partial charge on any atom is 0.334 e. The van der Waals surface area contributed by atoms with E-state index in [1.807, 2.05) is 19.1 Å². The highest BCUT2D eigenvalue weighted by molar-refractivity contribution is 6.30. The molecule has 106 valence electrons. The van der Waals surface area contributed by atoms with Crippen molar-refractivity contribution >= 4 is 22.4 Å². The zero-order chi connectivity index (χ0) is 15.0. The van der Waals surface area contributed by atoms with Gasteiger partial charge in [0.25, 0.3) is 5.56 Å². The van der Waals surface area contributed by atoms with Crippen LogP contribution in [-0.4, -0.2) is 14.5 Å². The summed E-state index contributed by atoms with van der Waals surface area (Å²) in [7, 11) is 0. The summed E-state index contributed by atoms with van der Waals surface area (Å²) in [5.41, 5.74) is -0.0727. The van der Waals surface area contributed by atoms with Gasteiger partial charge in [-0.15, -0.1) is 0 Å². The molecule has 5 nitrogen and oxygen atoms in total. The standard InChI is InChI=1S/C15H12ClN3O2/c1-2-10-13(16)18-15(21)19(14(10)20)12-5-3-4-9-6-7-17-8-11(9)12/h3-8H,2H2,1H3,(H,18,21). The highest BCUT2D eigenvalue weighted by Crippen LogP contribution is 2.19. The van der Waals surface area contributed by atoms with Gasteiger partial charge in [0, 0.05) is 17.8 Å². The Labute approximate surface area is 124 Å². The summed E-state index contributed by atoms with van der Waals surface area (Å²) in [6, 6.07) is 7.24. The fourth-order valence-electron chi connectivity index (χ4n) is 2.36. The molecule has 0 unspecified atom stereocenters. The number of rotatable bonds is 2. The van der Waals surface area contributed by atoms with Crippen molar-refractivity contribution in [3.8, 4) is 5.69 Å². The zero-order valence-electron chi connectivity index (χ0n) is 11.3. The Morgan fingerprint density at radius 3 is 2.86 bits per heavy atom. The monoisotopic (exact) mass is 301 g/mol. The average Bonchev–Trinajstić information content (AvgIpc) is 2.47. The number of nitrogens with one attached hydrogen (secondary N) is 1. The normalized spacial score (nSPS) is 11.0. The molecule has 0 radical (unpaired) electrons. The topological polar surface area (TPSA) is 67.8 Å². The van der Waals surface area contributed by atoms with Crippen molar-refractivity contribution in [3.05, 3.63) is 68.2 Å². The first kappa shape index (κ1) is 13.6. The molecule has 0 aliphatic heterocycles. The Kier molecular flexibility index (Phi) is 3.35. The number of fused-ring (bicyclic) bond motifs is 1. The number of benzene rings is 1. The molecule has 0 atom stereocenters. The quantitative estimate of drug-likeness (QED) is 0.738. The summed E-state index contributed by atoms with van der Waals surface area (Å²) in [6.07, 6.45) is 3.74. The van der Waals surface area contributed by atoms with E-state index in [1.165, 1.54) is 0 Å². The smallest absolute Gasteiger partial charge is 0.297 e. The molecule has 0 saturated heterocycles. The van der Waals surface area contributed by atoms with Gasteiger partial charge in [-0.3, -0.25) is 14.8 Å². The minimum Gasteiger partial charge on any atom is -0.297 e. The van der Waals surface area contributed by atoms with Crippen LogP contribution in [0.2, 0.25) is 5.15 Å². The fourth-order valence-corrected chi connectivity index (χ4v) is 2.66. The Bertz CT molecular complexity index is 938. The largest absolute Gasteiger partial charge is 0.334 e. The van der Waals surface area contributed by atoms with E-state index in [-0.39, 0.29) is 5.15 Å². The van der Waals surface area contributed by atoms with Crippen LogP contribution < -0.4 is 11.2 Å². The molecule has 0 fully saturated rings. The van der Waals surface area contributed by atoms with E-state index in [9.17, 15) is 9.59 Å². The first-order valence-electron chi connectivity index (χ1n) is 6.50. The van der Waals surface area contributed by atoms with Crippen LogP contribution in [0.25, 0.3) is 16.5 Å². The van der Waals surface area contributed by atoms with E-state index in [4.69, 9.17) is 11.6 Å². The summed E-state index contributed by atoms with van der Waals surface area (Å²) >= 11 is 5.93. The van der Waals surface area contributed by atoms with Gasteiger partial charge in [-0.05, 0) is 23.9 Å². The van der Waals surface area contributed by atoms with Crippen molar-refractivity contribution in [2.75, 3.05) is 0 Å². The van der Waals surface area contributed by atoms with Gasteiger partial charge in [0.15, 0.2) is 0 Å². The van der Waals surface area contributed by atoms with Crippen LogP contribution in [-0.2, 0) is 6.42 Å². The number of hydrogen-bond donors (Lipinski definition) is 1. The van der Waals surface area contributed by atoms with E-state index < -0.39 is 11.2 Å². The predicted molar refractivity (Wildman–Crippen MR) is 82.3 cm³/mol. The molecule has 0 aliphatic rings. The zero-order valence-corrected chi connectivity index (χ0v) is 12.0. The average molecular weight is 302 g/mol. The molecule has 1 aromatic carbocycles. The van der Waals surface area contributed by atoms with Gasteiger partial charge in [-0.25, -0.2) is 9.36 Å². The van der Waals surface area contributed by atoms with Gasteiger partial charge in [0.05, 0.1) is 11.3 Å². The summed E-state index contributed by atoms with van der Waals surface area (Å²) in [5, 5.41) is 1.74. The number of hydrogen-bond acceptors (Lipinski definition) is 3. The van der Waals surface area contributed by atoms with Gasteiger partial charge in [0.1, 0.15) is 5.15 Å². The highest BCUT2D eigenvalue weighted by Gasteiger charge is 2.14. The second-order valence-corrected chi connectivity index (χ2v) is 4.97. The van der Waals surface area contributed by atoms with E-state index >= 15 is 0 Å². The summed E-state index contributed by atoms with van der Waals surface area (Å²) < 4.78 is 1.11. The van der Waals surface area contributed by atoms with Gasteiger partial charge >= 0.3 is 5.69 Å². The molecule has 6 heteroatoms. The predicted octanol–water partition coefficient (Wildman–Crippen LogP) is 2.29. The third-order valence-electron chi connectivity index (χ3n) is 3.40. The molecular formula is C15H12ClN3O2. The first-order valence-corrected chi connectivity index (χ1v) is 6.88. The van der Waals surface area contributed by atoms with Gasteiger partial charge in [0.2, 0.25) is 0 Å². The Balaban J connectivity index is 2.45. The minimum absolute atomic E-state index is 0.0992. The van der Waals surface area contributed by atoms with E-state index in [0.717, 1.165) is 15.3 Å². The van der Waals surface area contributed by atoms with Crippen molar-refractivity contribution in [3.63, 3.8) is 0 Å². The number of aromatic amines is 1. The molecule has 1 N–H and O–H groups in total. The molecule has 0 saturated carbocycles. The molecule has 2 heterocycles. The molecule has 0 bridgehead atoms. The third kappa shape index (κ3) is 2.15. The Morgan fingerprint density at radius 2 is 2.10 bits per heavy atom. The second kappa shape index (κ2) is 5.18. The first-order chi connectivity index (χ1) is 10.1. The van der Waals surface area contributed by atoms with Crippen LogP contribution in [0.1, 0.15) is 12.5 Å². The lowest BCUT2D eigenvalue weighted by molar-refractivity contribution is 0.846. The third-order valence-corrected chi connectivity index (χ3v) is 3.72. The maximum absolute atomic E-state index is 12.5. The minimum atomic E-state index is -0.557. The highest BCUT2D eigenvalue weighted by atomic mass is 35.5. The van der Waals surface area contributed by atoms with E-state index in [0.29, 0.717) is 17.7 Å². The van der Waals surface area contributed by atoms with Crippen LogP contribution in [0.3, 0.4) is 0 Å². The summed E-state index contributed by atoms with van der Waals surface area (Å²) in [4.78, 5) is 31.3. The summed E-state index contributed by atoms with van der Waals surface area (Å²) in [5.74, 6) is 0. The lowest BCUT2D eigenvalue weighted by Gasteiger charge is -2.10. The SMILES string of the molecule is CCc1c(Cl)[nH]c(=O)n(-c2cccc3ccncc23)c1=O. The Hall–Kier alpha value is -2.40. The molecule has 0 spiro atoms. The van der Waals surface area contributed by atoms with E-state index in [1.54, 1.807) is 24.5 Å². The second-order valence-electron chi connectivity index (χ2n) is 4.59. The van der Waals surface area contributed by atoms with Crippen LogP contribution in [0.15, 0.2) is 46.2 Å². The van der Waals surface area contributed by atoms with Crippen molar-refractivity contribution in [1.82, 2.24) is 14.5 Å². The van der Waals surface area contributed by atoms with Crippen LogP contribution in [0, 0.1) is 0 Å². The molecule has 0 aliphatic carbocycles. The van der Waals surface area contributed by atoms with Crippen LogP contribution in [0.5, 0.6) is 0 Å². The maximum atomic E-state index is 12.5. The molecule has 0 amide bonds. The molecule has 3 rings (SSSR count). The number of pyridine rings is 1. The van der Waals surface area contributed by atoms with Gasteiger partial charge in [-0.1, -0.05) is 30.7 Å². The molecule has 2 aromatic heterocycles. The number of H-pyrrole nitrogens is 1. The van der Waals surface area contributed by atoms with Crippen molar-refractivity contribution < 1.29 is 0 Å². The fraction of sp³-hybridized carbons (Fsp3) is 0.133. The molecule has 3 aromatic rings. The van der Waals surface area contributed by atoms with Crippen molar-refractivity contribution in [1.29, 1.82) is 0 Å².